The zero-order valence-electron chi connectivity index (χ0n) is 12.1. The Bertz CT molecular complexity index is 525. The molecule has 0 aliphatic heterocycles. The topological polar surface area (TPSA) is 48.1 Å². The SMILES string of the molecule is CCCC(OC)c1nc(-c2ccccc2)c(CCN)s1. The van der Waals surface area contributed by atoms with Gasteiger partial charge in [-0.2, -0.15) is 0 Å². The number of hydrogen-bond acceptors (Lipinski definition) is 4. The van der Waals surface area contributed by atoms with Crippen LogP contribution < -0.4 is 5.73 Å². The number of thiazole rings is 1. The summed E-state index contributed by atoms with van der Waals surface area (Å²) >= 11 is 1.74. The number of aromatic nitrogens is 1. The van der Waals surface area contributed by atoms with Crippen molar-refractivity contribution in [2.45, 2.75) is 32.3 Å². The summed E-state index contributed by atoms with van der Waals surface area (Å²) in [6.07, 6.45) is 3.05. The van der Waals surface area contributed by atoms with Gasteiger partial charge in [0.05, 0.1) is 5.69 Å². The van der Waals surface area contributed by atoms with Gasteiger partial charge in [-0.1, -0.05) is 43.7 Å². The molecule has 0 saturated carbocycles. The Balaban J connectivity index is 2.37. The van der Waals surface area contributed by atoms with Gasteiger partial charge in [0.25, 0.3) is 0 Å². The van der Waals surface area contributed by atoms with Gasteiger partial charge in [0.2, 0.25) is 0 Å². The number of ether oxygens (including phenoxy) is 1. The number of methoxy groups -OCH3 is 1. The van der Waals surface area contributed by atoms with E-state index >= 15 is 0 Å². The number of rotatable bonds is 7. The summed E-state index contributed by atoms with van der Waals surface area (Å²) < 4.78 is 5.58. The third kappa shape index (κ3) is 3.45. The highest BCUT2D eigenvalue weighted by atomic mass is 32.1. The largest absolute Gasteiger partial charge is 0.374 e. The molecule has 4 heteroatoms. The van der Waals surface area contributed by atoms with E-state index in [1.54, 1.807) is 18.4 Å². The van der Waals surface area contributed by atoms with Crippen molar-refractivity contribution >= 4 is 11.3 Å². The number of nitrogens with two attached hydrogens (primary N) is 1. The van der Waals surface area contributed by atoms with Crippen LogP contribution in [0.4, 0.5) is 0 Å². The summed E-state index contributed by atoms with van der Waals surface area (Å²) in [5.41, 5.74) is 7.95. The Morgan fingerprint density at radius 3 is 2.65 bits per heavy atom. The minimum Gasteiger partial charge on any atom is -0.374 e. The van der Waals surface area contributed by atoms with Crippen molar-refractivity contribution < 1.29 is 4.74 Å². The monoisotopic (exact) mass is 290 g/mol. The van der Waals surface area contributed by atoms with Crippen LogP contribution in [-0.4, -0.2) is 18.6 Å². The maximum absolute atomic E-state index is 5.73. The lowest BCUT2D eigenvalue weighted by atomic mass is 10.1. The van der Waals surface area contributed by atoms with E-state index in [0.29, 0.717) is 6.54 Å². The van der Waals surface area contributed by atoms with E-state index in [2.05, 4.69) is 19.1 Å². The van der Waals surface area contributed by atoms with Crippen LogP contribution in [0.1, 0.15) is 35.8 Å². The standard InChI is InChI=1S/C16H22N2OS/c1-3-7-13(19-2)16-18-15(14(20-16)10-11-17)12-8-5-4-6-9-12/h4-6,8-9,13H,3,7,10-11,17H2,1-2H3. The first-order chi connectivity index (χ1) is 9.80. The van der Waals surface area contributed by atoms with Gasteiger partial charge in [-0.25, -0.2) is 4.98 Å². The second-order valence-corrected chi connectivity index (χ2v) is 5.86. The van der Waals surface area contributed by atoms with Crippen molar-refractivity contribution in [3.63, 3.8) is 0 Å². The van der Waals surface area contributed by atoms with Crippen LogP contribution in [0.3, 0.4) is 0 Å². The normalized spacial score (nSPS) is 12.6. The van der Waals surface area contributed by atoms with Crippen molar-refractivity contribution in [3.8, 4) is 11.3 Å². The van der Waals surface area contributed by atoms with Crippen molar-refractivity contribution in [1.82, 2.24) is 4.98 Å². The van der Waals surface area contributed by atoms with Gasteiger partial charge in [0.15, 0.2) is 0 Å². The molecule has 108 valence electrons. The highest BCUT2D eigenvalue weighted by molar-refractivity contribution is 7.12. The quantitative estimate of drug-likeness (QED) is 0.843. The average Bonchev–Trinajstić information content (AvgIpc) is 2.90. The summed E-state index contributed by atoms with van der Waals surface area (Å²) in [6, 6.07) is 10.3. The molecule has 2 rings (SSSR count). The number of nitrogens with zero attached hydrogens (tertiary/aromatic N) is 1. The molecule has 0 aliphatic carbocycles. The summed E-state index contributed by atoms with van der Waals surface area (Å²) in [7, 11) is 1.76. The second kappa shape index (κ2) is 7.53. The predicted molar refractivity (Wildman–Crippen MR) is 85.0 cm³/mol. The lowest BCUT2D eigenvalue weighted by Crippen LogP contribution is -2.02. The van der Waals surface area contributed by atoms with Gasteiger partial charge in [0.1, 0.15) is 11.1 Å². The van der Waals surface area contributed by atoms with E-state index in [1.807, 2.05) is 18.2 Å². The van der Waals surface area contributed by atoms with Crippen molar-refractivity contribution in [1.29, 1.82) is 0 Å². The predicted octanol–water partition coefficient (Wildman–Crippen LogP) is 3.80. The highest BCUT2D eigenvalue weighted by Gasteiger charge is 2.18. The molecule has 0 radical (unpaired) electrons. The highest BCUT2D eigenvalue weighted by Crippen LogP contribution is 2.34. The van der Waals surface area contributed by atoms with E-state index < -0.39 is 0 Å². The molecule has 1 unspecified atom stereocenters. The fraction of sp³-hybridized carbons (Fsp3) is 0.438. The molecule has 20 heavy (non-hydrogen) atoms. The molecular weight excluding hydrogens is 268 g/mol. The maximum Gasteiger partial charge on any atom is 0.122 e. The number of benzene rings is 1. The van der Waals surface area contributed by atoms with Crippen LogP contribution in [0, 0.1) is 0 Å². The molecule has 0 aliphatic rings. The third-order valence-electron chi connectivity index (χ3n) is 3.24. The molecule has 0 spiro atoms. The first-order valence-corrected chi connectivity index (χ1v) is 7.89. The van der Waals surface area contributed by atoms with Crippen molar-refractivity contribution in [2.75, 3.05) is 13.7 Å². The Kier molecular flexibility index (Phi) is 5.71. The van der Waals surface area contributed by atoms with Gasteiger partial charge >= 0.3 is 0 Å². The van der Waals surface area contributed by atoms with Crippen LogP contribution in [0.15, 0.2) is 30.3 Å². The summed E-state index contributed by atoms with van der Waals surface area (Å²) in [4.78, 5) is 6.08. The molecule has 0 bridgehead atoms. The molecule has 1 atom stereocenters. The molecule has 3 nitrogen and oxygen atoms in total. The van der Waals surface area contributed by atoms with Gasteiger partial charge in [0, 0.05) is 17.6 Å². The zero-order valence-corrected chi connectivity index (χ0v) is 13.0. The Morgan fingerprint density at radius 1 is 1.30 bits per heavy atom. The fourth-order valence-corrected chi connectivity index (χ4v) is 3.45. The third-order valence-corrected chi connectivity index (χ3v) is 4.45. The van der Waals surface area contributed by atoms with Crippen molar-refractivity contribution in [3.05, 3.63) is 40.2 Å². The summed E-state index contributed by atoms with van der Waals surface area (Å²) in [5.74, 6) is 0. The molecule has 1 aromatic carbocycles. The Labute approximate surface area is 124 Å². The van der Waals surface area contributed by atoms with Crippen LogP contribution >= 0.6 is 11.3 Å². The van der Waals surface area contributed by atoms with E-state index in [9.17, 15) is 0 Å². The van der Waals surface area contributed by atoms with Crippen LogP contribution in [0.2, 0.25) is 0 Å². The average molecular weight is 290 g/mol. The summed E-state index contributed by atoms with van der Waals surface area (Å²) in [5, 5.41) is 1.07. The van der Waals surface area contributed by atoms with E-state index in [0.717, 1.165) is 35.5 Å². The lowest BCUT2D eigenvalue weighted by Gasteiger charge is -2.10. The number of hydrogen-bond donors (Lipinski definition) is 1. The van der Waals surface area contributed by atoms with Gasteiger partial charge in [-0.05, 0) is 19.4 Å². The molecule has 0 amide bonds. The Morgan fingerprint density at radius 2 is 2.05 bits per heavy atom. The Hall–Kier alpha value is -1.23. The molecule has 1 aromatic heterocycles. The molecule has 0 fully saturated rings. The maximum atomic E-state index is 5.73. The van der Waals surface area contributed by atoms with Crippen LogP contribution in [-0.2, 0) is 11.2 Å². The van der Waals surface area contributed by atoms with E-state index in [4.69, 9.17) is 15.5 Å². The molecule has 1 heterocycles. The van der Waals surface area contributed by atoms with Gasteiger partial charge < -0.3 is 10.5 Å². The smallest absolute Gasteiger partial charge is 0.122 e. The minimum absolute atomic E-state index is 0.0963. The van der Waals surface area contributed by atoms with E-state index in [1.165, 1.54) is 4.88 Å². The molecule has 0 saturated heterocycles. The minimum atomic E-state index is 0.0963. The first-order valence-electron chi connectivity index (χ1n) is 7.08. The lowest BCUT2D eigenvalue weighted by molar-refractivity contribution is 0.0948. The molecule has 2 N–H and O–H groups in total. The fourth-order valence-electron chi connectivity index (χ4n) is 2.23. The van der Waals surface area contributed by atoms with Gasteiger partial charge in [-0.15, -0.1) is 11.3 Å². The van der Waals surface area contributed by atoms with Crippen LogP contribution in [0.5, 0.6) is 0 Å². The zero-order chi connectivity index (χ0) is 14.4. The summed E-state index contributed by atoms with van der Waals surface area (Å²) in [6.45, 7) is 2.81. The van der Waals surface area contributed by atoms with Gasteiger partial charge in [-0.3, -0.25) is 0 Å². The van der Waals surface area contributed by atoms with E-state index in [-0.39, 0.29) is 6.10 Å². The molecular formula is C16H22N2OS. The molecule has 2 aromatic rings. The van der Waals surface area contributed by atoms with Crippen LogP contribution in [0.25, 0.3) is 11.3 Å². The second-order valence-electron chi connectivity index (χ2n) is 4.74. The first kappa shape index (κ1) is 15.2. The van der Waals surface area contributed by atoms with Crippen molar-refractivity contribution in [2.24, 2.45) is 5.73 Å².